The van der Waals surface area contributed by atoms with Crippen LogP contribution < -0.4 is 4.90 Å². The molecule has 0 aliphatic carbocycles. The molecule has 3 aromatic rings. The van der Waals surface area contributed by atoms with Crippen molar-refractivity contribution in [3.05, 3.63) is 65.5 Å². The van der Waals surface area contributed by atoms with Crippen molar-refractivity contribution in [1.82, 2.24) is 29.8 Å². The van der Waals surface area contributed by atoms with Gasteiger partial charge in [-0.3, -0.25) is 19.3 Å². The molecule has 1 fully saturated rings. The minimum absolute atomic E-state index is 0.0340. The zero-order valence-electron chi connectivity index (χ0n) is 18.9. The molecule has 4 heterocycles. The normalized spacial score (nSPS) is 15.7. The fraction of sp³-hybridized carbons (Fsp3) is 0.333. The number of benzene rings is 1. The number of hydrogen-bond acceptors (Lipinski definition) is 7. The van der Waals surface area contributed by atoms with E-state index in [0.717, 1.165) is 11.5 Å². The van der Waals surface area contributed by atoms with Crippen LogP contribution in [0.2, 0.25) is 0 Å². The van der Waals surface area contributed by atoms with Gasteiger partial charge in [-0.05, 0) is 43.7 Å². The van der Waals surface area contributed by atoms with Crippen molar-refractivity contribution in [2.45, 2.75) is 19.8 Å². The van der Waals surface area contributed by atoms with Gasteiger partial charge in [-0.1, -0.05) is 12.1 Å². The number of rotatable bonds is 6. The van der Waals surface area contributed by atoms with E-state index in [0.29, 0.717) is 56.0 Å². The molecular weight excluding hydrogens is 434 g/mol. The Morgan fingerprint density at radius 2 is 1.53 bits per heavy atom. The van der Waals surface area contributed by atoms with Crippen LogP contribution in [0, 0.1) is 6.92 Å². The highest BCUT2D eigenvalue weighted by Gasteiger charge is 2.34. The predicted molar refractivity (Wildman–Crippen MR) is 124 cm³/mol. The summed E-state index contributed by atoms with van der Waals surface area (Å²) in [5.74, 6) is 0.897. The fourth-order valence-electron chi connectivity index (χ4n) is 4.33. The van der Waals surface area contributed by atoms with Crippen molar-refractivity contribution < 1.29 is 14.4 Å². The summed E-state index contributed by atoms with van der Waals surface area (Å²) < 4.78 is 1.69. The highest BCUT2D eigenvalue weighted by atomic mass is 16.2. The van der Waals surface area contributed by atoms with Gasteiger partial charge >= 0.3 is 0 Å². The third-order valence-electron chi connectivity index (χ3n) is 6.20. The van der Waals surface area contributed by atoms with E-state index in [9.17, 15) is 14.4 Å². The Balaban J connectivity index is 1.09. The maximum atomic E-state index is 12.7. The molecule has 2 aliphatic heterocycles. The number of aryl methyl sites for hydroxylation is 1. The van der Waals surface area contributed by atoms with Gasteiger partial charge in [0.15, 0.2) is 11.6 Å². The number of carbonyl (C=O) groups excluding carboxylic acids is 3. The first-order valence-corrected chi connectivity index (χ1v) is 11.4. The van der Waals surface area contributed by atoms with E-state index in [1.54, 1.807) is 28.9 Å². The second-order valence-corrected chi connectivity index (χ2v) is 8.43. The minimum Gasteiger partial charge on any atom is -0.352 e. The molecule has 2 aromatic heterocycles. The van der Waals surface area contributed by atoms with E-state index in [4.69, 9.17) is 0 Å². The van der Waals surface area contributed by atoms with Crippen LogP contribution in [0.1, 0.15) is 39.3 Å². The Labute approximate surface area is 196 Å². The molecule has 5 rings (SSSR count). The second kappa shape index (κ2) is 9.05. The van der Waals surface area contributed by atoms with Crippen LogP contribution in [0.25, 0.3) is 5.82 Å². The monoisotopic (exact) mass is 459 g/mol. The van der Waals surface area contributed by atoms with Crippen LogP contribution in [-0.4, -0.2) is 80.2 Å². The Morgan fingerprint density at radius 3 is 2.12 bits per heavy atom. The molecular formula is C24H25N7O3. The molecule has 0 unspecified atom stereocenters. The van der Waals surface area contributed by atoms with E-state index in [1.165, 1.54) is 4.90 Å². The zero-order valence-corrected chi connectivity index (χ0v) is 18.9. The summed E-state index contributed by atoms with van der Waals surface area (Å²) in [5, 5.41) is 12.9. The molecule has 0 radical (unpaired) electrons. The molecule has 0 bridgehead atoms. The highest BCUT2D eigenvalue weighted by Crippen LogP contribution is 2.23. The third-order valence-corrected chi connectivity index (χ3v) is 6.20. The predicted octanol–water partition coefficient (Wildman–Crippen LogP) is 1.70. The third kappa shape index (κ3) is 4.14. The van der Waals surface area contributed by atoms with Crippen molar-refractivity contribution in [1.29, 1.82) is 0 Å². The molecule has 0 saturated carbocycles. The average Bonchev–Trinajstić information content (AvgIpc) is 3.41. The number of carbonyl (C=O) groups is 3. The average molecular weight is 460 g/mol. The number of nitrogens with zero attached hydrogens (tertiary/aromatic N) is 7. The highest BCUT2D eigenvalue weighted by molar-refractivity contribution is 6.21. The topological polar surface area (TPSA) is 105 Å². The number of fused-ring (bicyclic) bond motifs is 1. The first-order chi connectivity index (χ1) is 16.5. The molecule has 1 aromatic carbocycles. The first-order valence-electron chi connectivity index (χ1n) is 11.4. The lowest BCUT2D eigenvalue weighted by Crippen LogP contribution is -2.49. The van der Waals surface area contributed by atoms with Crippen LogP contribution in [0.5, 0.6) is 0 Å². The summed E-state index contributed by atoms with van der Waals surface area (Å²) >= 11 is 0. The quantitative estimate of drug-likeness (QED) is 0.517. The van der Waals surface area contributed by atoms with Crippen molar-refractivity contribution >= 4 is 23.5 Å². The maximum absolute atomic E-state index is 12.7. The Morgan fingerprint density at radius 1 is 0.882 bits per heavy atom. The van der Waals surface area contributed by atoms with Crippen LogP contribution in [0.4, 0.5) is 5.82 Å². The Bertz CT molecular complexity index is 1190. The molecule has 34 heavy (non-hydrogen) atoms. The van der Waals surface area contributed by atoms with Crippen molar-refractivity contribution in [2.24, 2.45) is 0 Å². The lowest BCUT2D eigenvalue weighted by Gasteiger charge is -2.35. The minimum atomic E-state index is -0.281. The number of piperazine rings is 1. The molecule has 174 valence electrons. The van der Waals surface area contributed by atoms with Gasteiger partial charge in [-0.2, -0.15) is 5.10 Å². The lowest BCUT2D eigenvalue weighted by molar-refractivity contribution is -0.131. The van der Waals surface area contributed by atoms with Gasteiger partial charge in [0, 0.05) is 45.3 Å². The largest absolute Gasteiger partial charge is 0.352 e. The SMILES string of the molecule is Cc1ccn(-c2ccc(N3CCN(C(=O)CCCN4C(=O)c5ccccc5C4=O)CC3)nn2)n1. The summed E-state index contributed by atoms with van der Waals surface area (Å²) in [6.45, 7) is 4.68. The second-order valence-electron chi connectivity index (χ2n) is 8.43. The maximum Gasteiger partial charge on any atom is 0.261 e. The van der Waals surface area contributed by atoms with E-state index < -0.39 is 0 Å². The fourth-order valence-corrected chi connectivity index (χ4v) is 4.33. The summed E-state index contributed by atoms with van der Waals surface area (Å²) in [5.41, 5.74) is 1.78. The number of aromatic nitrogens is 4. The lowest BCUT2D eigenvalue weighted by atomic mass is 10.1. The van der Waals surface area contributed by atoms with E-state index in [2.05, 4.69) is 20.2 Å². The smallest absolute Gasteiger partial charge is 0.261 e. The molecule has 0 N–H and O–H groups in total. The summed E-state index contributed by atoms with van der Waals surface area (Å²) in [4.78, 5) is 42.7. The van der Waals surface area contributed by atoms with Gasteiger partial charge in [0.05, 0.1) is 16.8 Å². The molecule has 10 nitrogen and oxygen atoms in total. The Hall–Kier alpha value is -4.08. The molecule has 1 saturated heterocycles. The van der Waals surface area contributed by atoms with Gasteiger partial charge in [-0.25, -0.2) is 4.68 Å². The van der Waals surface area contributed by atoms with Crippen LogP contribution in [-0.2, 0) is 4.79 Å². The molecule has 0 spiro atoms. The van der Waals surface area contributed by atoms with Gasteiger partial charge < -0.3 is 9.80 Å². The summed E-state index contributed by atoms with van der Waals surface area (Å²) in [7, 11) is 0. The van der Waals surface area contributed by atoms with Crippen molar-refractivity contribution in [3.63, 3.8) is 0 Å². The summed E-state index contributed by atoms with van der Waals surface area (Å²) in [6.07, 6.45) is 2.59. The van der Waals surface area contributed by atoms with E-state index in [-0.39, 0.29) is 24.3 Å². The van der Waals surface area contributed by atoms with Crippen LogP contribution in [0.3, 0.4) is 0 Å². The standard InChI is InChI=1S/C24H25N7O3/c1-17-10-12-31(27-17)21-9-8-20(25-26-21)28-13-15-29(16-14-28)22(32)7-4-11-30-23(33)18-5-2-3-6-19(18)24(30)34/h2-3,5-6,8-10,12H,4,7,11,13-16H2,1H3. The molecule has 3 amide bonds. The van der Waals surface area contributed by atoms with Crippen LogP contribution >= 0.6 is 0 Å². The van der Waals surface area contributed by atoms with Gasteiger partial charge in [-0.15, -0.1) is 10.2 Å². The van der Waals surface area contributed by atoms with E-state index >= 15 is 0 Å². The Kier molecular flexibility index (Phi) is 5.79. The van der Waals surface area contributed by atoms with Gasteiger partial charge in [0.25, 0.3) is 11.8 Å². The molecule has 10 heteroatoms. The van der Waals surface area contributed by atoms with Gasteiger partial charge in [0.1, 0.15) is 0 Å². The van der Waals surface area contributed by atoms with E-state index in [1.807, 2.05) is 36.2 Å². The summed E-state index contributed by atoms with van der Waals surface area (Å²) in [6, 6.07) is 12.5. The number of hydrogen-bond donors (Lipinski definition) is 0. The van der Waals surface area contributed by atoms with Gasteiger partial charge in [0.2, 0.25) is 5.91 Å². The number of anilines is 1. The van der Waals surface area contributed by atoms with Crippen molar-refractivity contribution in [3.8, 4) is 5.82 Å². The first kappa shape index (κ1) is 21.7. The van der Waals surface area contributed by atoms with Crippen LogP contribution in [0.15, 0.2) is 48.7 Å². The molecule has 0 atom stereocenters. The number of amides is 3. The molecule has 2 aliphatic rings. The zero-order chi connectivity index (χ0) is 23.7. The van der Waals surface area contributed by atoms with Crippen molar-refractivity contribution in [2.75, 3.05) is 37.6 Å². The number of imide groups is 1.